The molecule has 0 amide bonds. The number of nitrogens with zero attached hydrogens (tertiary/aromatic N) is 1. The molecule has 0 unspecified atom stereocenters. The van der Waals surface area contributed by atoms with E-state index in [0.717, 1.165) is 12.8 Å². The van der Waals surface area contributed by atoms with Crippen molar-refractivity contribution in [2.24, 2.45) is 11.7 Å². The highest BCUT2D eigenvalue weighted by Crippen LogP contribution is 2.23. The summed E-state index contributed by atoms with van der Waals surface area (Å²) in [5, 5.41) is 8.20. The third-order valence-corrected chi connectivity index (χ3v) is 1.36. The number of hydrogen-bond donors (Lipinski definition) is 1. The monoisotopic (exact) mass is 96.1 g/mol. The summed E-state index contributed by atoms with van der Waals surface area (Å²) < 4.78 is 0. The Bertz CT molecular complexity index is 97.1. The topological polar surface area (TPSA) is 49.8 Å². The lowest BCUT2D eigenvalue weighted by Gasteiger charge is -2.25. The number of nitrogens with two attached hydrogens (primary N) is 1. The molecule has 1 aliphatic carbocycles. The Morgan fingerprint density at radius 2 is 2.14 bits per heavy atom. The lowest BCUT2D eigenvalue weighted by Crippen LogP contribution is -2.35. The first-order valence-corrected chi connectivity index (χ1v) is 2.48. The molecular weight excluding hydrogens is 88.1 g/mol. The summed E-state index contributed by atoms with van der Waals surface area (Å²) in [6, 6.07) is 2.48. The Kier molecular flexibility index (Phi) is 0.994. The van der Waals surface area contributed by atoms with Gasteiger partial charge in [0, 0.05) is 12.0 Å². The van der Waals surface area contributed by atoms with E-state index in [1.54, 1.807) is 0 Å². The van der Waals surface area contributed by atoms with Gasteiger partial charge in [-0.2, -0.15) is 5.26 Å². The van der Waals surface area contributed by atoms with E-state index < -0.39 is 0 Å². The van der Waals surface area contributed by atoms with Gasteiger partial charge in [-0.1, -0.05) is 0 Å². The molecule has 0 spiro atoms. The molecule has 0 atom stereocenters. The van der Waals surface area contributed by atoms with Gasteiger partial charge < -0.3 is 5.73 Å². The molecule has 2 N–H and O–H groups in total. The summed E-state index contributed by atoms with van der Waals surface area (Å²) in [6.45, 7) is 0. The Labute approximate surface area is 42.9 Å². The Morgan fingerprint density at radius 3 is 2.29 bits per heavy atom. The van der Waals surface area contributed by atoms with Gasteiger partial charge in [-0.3, -0.25) is 0 Å². The minimum atomic E-state index is 0.273. The summed E-state index contributed by atoms with van der Waals surface area (Å²) >= 11 is 0. The summed E-state index contributed by atoms with van der Waals surface area (Å²) in [7, 11) is 0. The lowest BCUT2D eigenvalue weighted by molar-refractivity contribution is 0.332. The largest absolute Gasteiger partial charge is 0.328 e. The molecule has 0 radical (unpaired) electrons. The van der Waals surface area contributed by atoms with E-state index in [9.17, 15) is 0 Å². The molecule has 1 aliphatic rings. The predicted octanol–water partition coefficient (Wildman–Crippen LogP) is 0.247. The molecule has 1 fully saturated rings. The van der Waals surface area contributed by atoms with Crippen LogP contribution in [0.3, 0.4) is 0 Å². The number of nitriles is 1. The zero-order valence-electron chi connectivity index (χ0n) is 4.09. The van der Waals surface area contributed by atoms with Crippen LogP contribution >= 0.6 is 0 Å². The van der Waals surface area contributed by atoms with Gasteiger partial charge in [0.1, 0.15) is 0 Å². The maximum absolute atomic E-state index is 8.20. The molecule has 38 valence electrons. The molecule has 0 aromatic rings. The molecule has 0 heterocycles. The van der Waals surface area contributed by atoms with Gasteiger partial charge in [0.15, 0.2) is 0 Å². The minimum Gasteiger partial charge on any atom is -0.328 e. The second-order valence-electron chi connectivity index (χ2n) is 2.06. The molecule has 7 heavy (non-hydrogen) atoms. The third kappa shape index (κ3) is 0.726. The van der Waals surface area contributed by atoms with E-state index in [2.05, 4.69) is 6.07 Å². The van der Waals surface area contributed by atoms with Gasteiger partial charge in [-0.25, -0.2) is 0 Å². The average Bonchev–Trinajstić information content (AvgIpc) is 1.58. The van der Waals surface area contributed by atoms with Gasteiger partial charge in [-0.15, -0.1) is 0 Å². The summed E-state index contributed by atoms with van der Waals surface area (Å²) in [5.41, 5.74) is 5.39. The minimum absolute atomic E-state index is 0.273. The van der Waals surface area contributed by atoms with Crippen molar-refractivity contribution in [2.75, 3.05) is 0 Å². The molecule has 2 heteroatoms. The van der Waals surface area contributed by atoms with E-state index in [-0.39, 0.29) is 5.92 Å². The molecule has 1 rings (SSSR count). The second-order valence-corrected chi connectivity index (χ2v) is 2.06. The van der Waals surface area contributed by atoms with Crippen LogP contribution in [0.2, 0.25) is 0 Å². The first kappa shape index (κ1) is 4.61. The predicted molar refractivity (Wildman–Crippen MR) is 26.3 cm³/mol. The fourth-order valence-corrected chi connectivity index (χ4v) is 0.767. The van der Waals surface area contributed by atoms with E-state index in [4.69, 9.17) is 11.0 Å². The molecule has 0 saturated heterocycles. The van der Waals surface area contributed by atoms with Gasteiger partial charge >= 0.3 is 0 Å². The van der Waals surface area contributed by atoms with Crippen molar-refractivity contribution in [2.45, 2.75) is 18.9 Å². The zero-order chi connectivity index (χ0) is 5.28. The van der Waals surface area contributed by atoms with Crippen molar-refractivity contribution < 1.29 is 0 Å². The fraction of sp³-hybridized carbons (Fsp3) is 0.800. The normalized spacial score (nSPS) is 38.9. The van der Waals surface area contributed by atoms with E-state index >= 15 is 0 Å². The highest BCUT2D eigenvalue weighted by molar-refractivity contribution is 4.95. The Hall–Kier alpha value is -0.550. The van der Waals surface area contributed by atoms with Crippen molar-refractivity contribution >= 4 is 0 Å². The third-order valence-electron chi connectivity index (χ3n) is 1.36. The zero-order valence-corrected chi connectivity index (χ0v) is 4.09. The van der Waals surface area contributed by atoms with Crippen LogP contribution in [-0.4, -0.2) is 6.04 Å². The van der Waals surface area contributed by atoms with Crippen molar-refractivity contribution in [1.82, 2.24) is 0 Å². The van der Waals surface area contributed by atoms with Crippen LogP contribution in [0.5, 0.6) is 0 Å². The maximum atomic E-state index is 8.20. The Morgan fingerprint density at radius 1 is 1.57 bits per heavy atom. The van der Waals surface area contributed by atoms with Crippen molar-refractivity contribution in [3.05, 3.63) is 0 Å². The quantitative estimate of drug-likeness (QED) is 0.470. The molecule has 0 bridgehead atoms. The first-order chi connectivity index (χ1) is 3.33. The van der Waals surface area contributed by atoms with E-state index in [1.165, 1.54) is 0 Å². The van der Waals surface area contributed by atoms with Gasteiger partial charge in [0.2, 0.25) is 0 Å². The average molecular weight is 96.1 g/mol. The van der Waals surface area contributed by atoms with Crippen LogP contribution in [0, 0.1) is 17.2 Å². The van der Waals surface area contributed by atoms with Crippen molar-refractivity contribution in [3.8, 4) is 6.07 Å². The second kappa shape index (κ2) is 1.51. The highest BCUT2D eigenvalue weighted by atomic mass is 14.7. The molecule has 0 aromatic heterocycles. The summed E-state index contributed by atoms with van der Waals surface area (Å²) in [6.07, 6.45) is 1.83. The van der Waals surface area contributed by atoms with Crippen LogP contribution in [-0.2, 0) is 0 Å². The van der Waals surface area contributed by atoms with Crippen molar-refractivity contribution in [3.63, 3.8) is 0 Å². The van der Waals surface area contributed by atoms with Crippen molar-refractivity contribution in [1.29, 1.82) is 5.26 Å². The summed E-state index contributed by atoms with van der Waals surface area (Å²) in [5.74, 6) is 0.273. The Balaban J connectivity index is 2.21. The number of rotatable bonds is 0. The molecular formula is C5H8N2. The molecule has 0 aliphatic heterocycles. The fourth-order valence-electron chi connectivity index (χ4n) is 0.767. The van der Waals surface area contributed by atoms with Crippen LogP contribution in [0.1, 0.15) is 12.8 Å². The van der Waals surface area contributed by atoms with Gasteiger partial charge in [-0.05, 0) is 12.8 Å². The van der Waals surface area contributed by atoms with E-state index in [1.807, 2.05) is 0 Å². The lowest BCUT2D eigenvalue weighted by atomic mass is 9.82. The van der Waals surface area contributed by atoms with Gasteiger partial charge in [0.25, 0.3) is 0 Å². The smallest absolute Gasteiger partial charge is 0.0657 e. The van der Waals surface area contributed by atoms with Crippen LogP contribution in [0.25, 0.3) is 0 Å². The number of hydrogen-bond acceptors (Lipinski definition) is 2. The summed E-state index contributed by atoms with van der Waals surface area (Å²) in [4.78, 5) is 0. The van der Waals surface area contributed by atoms with E-state index in [0.29, 0.717) is 6.04 Å². The first-order valence-electron chi connectivity index (χ1n) is 2.48. The molecule has 1 saturated carbocycles. The molecule has 2 nitrogen and oxygen atoms in total. The van der Waals surface area contributed by atoms with Crippen LogP contribution in [0.15, 0.2) is 0 Å². The highest BCUT2D eigenvalue weighted by Gasteiger charge is 2.24. The van der Waals surface area contributed by atoms with Gasteiger partial charge in [0.05, 0.1) is 6.07 Å². The van der Waals surface area contributed by atoms with Crippen LogP contribution in [0.4, 0.5) is 0 Å². The SMILES string of the molecule is N#CC1CC(N)C1. The van der Waals surface area contributed by atoms with Crippen LogP contribution < -0.4 is 5.73 Å². The standard InChI is InChI=1S/C5H8N2/c6-3-4-1-5(7)2-4/h4-5H,1-2,7H2. The maximum Gasteiger partial charge on any atom is 0.0657 e. The molecule has 0 aromatic carbocycles.